The molecule has 0 saturated heterocycles. The minimum atomic E-state index is -3.76. The van der Waals surface area contributed by atoms with Gasteiger partial charge in [-0.25, -0.2) is 0 Å². The van der Waals surface area contributed by atoms with Crippen LogP contribution in [0.2, 0.25) is 9.36 Å². The Hall–Kier alpha value is -0.413. The van der Waals surface area contributed by atoms with E-state index < -0.39 is 17.1 Å². The summed E-state index contributed by atoms with van der Waals surface area (Å²) in [6.07, 6.45) is 5.22. The third-order valence-electron chi connectivity index (χ3n) is 8.87. The summed E-state index contributed by atoms with van der Waals surface area (Å²) in [5.41, 5.74) is 15.9. The van der Waals surface area contributed by atoms with Gasteiger partial charge in [-0.2, -0.15) is 0 Å². The molecule has 0 spiro atoms. The van der Waals surface area contributed by atoms with Gasteiger partial charge < -0.3 is 0 Å². The van der Waals surface area contributed by atoms with Crippen molar-refractivity contribution >= 4 is 43.9 Å². The molecule has 0 radical (unpaired) electrons. The minimum Gasteiger partial charge on any atom is -0.147 e. The third kappa shape index (κ3) is 4.87. The average Bonchev–Trinajstić information content (AvgIpc) is 3.29. The standard InChI is InChI=1S/2C15H19.2CH3.2ClH.Hf.H2Si/c2*1-10-6-7-11(2)14-9-12(8-13(10)14)15(3,4)5;;;;;;/h2*6-9H,1-5H3;2*1H3;2*1H;;1H2. The molecular formula is C32H48Cl2HfSi. The zero-order valence-corrected chi connectivity index (χ0v) is 31.3. The van der Waals surface area contributed by atoms with Gasteiger partial charge >= 0.3 is 213 Å². The molecular weight excluding hydrogens is 662 g/mol. The van der Waals surface area contributed by atoms with E-state index in [9.17, 15) is 0 Å². The summed E-state index contributed by atoms with van der Waals surface area (Å²) in [6, 6.07) is 9.44. The van der Waals surface area contributed by atoms with Gasteiger partial charge in [0.25, 0.3) is 0 Å². The Morgan fingerprint density at radius 1 is 0.583 bits per heavy atom. The molecule has 4 heteroatoms. The van der Waals surface area contributed by atoms with Crippen molar-refractivity contribution in [3.8, 4) is 0 Å². The fraction of sp³-hybridized carbons (Fsp3) is 0.500. The number of hydrogen-bond donors (Lipinski definition) is 0. The van der Waals surface area contributed by atoms with Crippen molar-refractivity contribution < 1.29 is 17.1 Å². The van der Waals surface area contributed by atoms with Crippen molar-refractivity contribution in [1.29, 1.82) is 0 Å². The predicted octanol–water partition coefficient (Wildman–Crippen LogP) is 9.77. The van der Waals surface area contributed by atoms with Crippen LogP contribution in [0.15, 0.2) is 35.4 Å². The topological polar surface area (TPSA) is 0 Å². The molecule has 2 atom stereocenters. The Bertz CT molecular complexity index is 1240. The third-order valence-corrected chi connectivity index (χ3v) is 33.5. The second-order valence-electron chi connectivity index (χ2n) is 14.6. The molecule has 0 aromatic heterocycles. The summed E-state index contributed by atoms with van der Waals surface area (Å²) in [6.45, 7) is 26.5. The van der Waals surface area contributed by atoms with Gasteiger partial charge in [-0.3, -0.25) is 0 Å². The molecule has 2 unspecified atom stereocenters. The van der Waals surface area contributed by atoms with E-state index in [1.165, 1.54) is 33.4 Å². The van der Waals surface area contributed by atoms with Crippen LogP contribution in [0.25, 0.3) is 12.2 Å². The maximum atomic E-state index is 2.80. The fourth-order valence-corrected chi connectivity index (χ4v) is 35.8. The van der Waals surface area contributed by atoms with Gasteiger partial charge in [-0.1, -0.05) is 0 Å². The molecule has 0 nitrogen and oxygen atoms in total. The van der Waals surface area contributed by atoms with Crippen molar-refractivity contribution in [1.82, 2.24) is 0 Å². The van der Waals surface area contributed by atoms with Crippen LogP contribution < -0.4 is 0 Å². The molecule has 4 rings (SSSR count). The summed E-state index contributed by atoms with van der Waals surface area (Å²) in [5, 5.41) is 0. The molecule has 0 N–H and O–H groups in total. The largest absolute Gasteiger partial charge is 0.147 e. The monoisotopic (exact) mass is 710 g/mol. The van der Waals surface area contributed by atoms with E-state index in [-0.39, 0.29) is 35.6 Å². The van der Waals surface area contributed by atoms with E-state index in [0.717, 1.165) is 0 Å². The summed E-state index contributed by atoms with van der Waals surface area (Å²) in [5.74, 6) is 0. The first kappa shape index (κ1) is 31.8. The van der Waals surface area contributed by atoms with Gasteiger partial charge in [-0.05, 0) is 0 Å². The average molecular weight is 710 g/mol. The maximum absolute atomic E-state index is 3.76. The molecule has 0 saturated carbocycles. The normalized spacial score (nSPS) is 19.6. The van der Waals surface area contributed by atoms with Crippen LogP contribution in [0.1, 0.15) is 93.4 Å². The van der Waals surface area contributed by atoms with E-state index in [1.807, 2.05) is 0 Å². The van der Waals surface area contributed by atoms with Gasteiger partial charge in [0, 0.05) is 0 Å². The molecule has 0 aliphatic heterocycles. The van der Waals surface area contributed by atoms with E-state index in [4.69, 9.17) is 0 Å². The quantitative estimate of drug-likeness (QED) is 0.273. The van der Waals surface area contributed by atoms with E-state index in [2.05, 4.69) is 122 Å². The van der Waals surface area contributed by atoms with E-state index >= 15 is 0 Å². The number of hydrogen-bond acceptors (Lipinski definition) is 0. The van der Waals surface area contributed by atoms with Crippen LogP contribution in [0, 0.1) is 38.5 Å². The Kier molecular flexibility index (Phi) is 8.52. The Labute approximate surface area is 236 Å². The maximum Gasteiger partial charge on any atom is -0.147 e. The zero-order chi connectivity index (χ0) is 25.6. The molecule has 0 heterocycles. The summed E-state index contributed by atoms with van der Waals surface area (Å²) < 4.78 is 6.76. The smallest absolute Gasteiger partial charge is 0.147 e. The number of halogens is 2. The predicted molar refractivity (Wildman–Crippen MR) is 167 cm³/mol. The molecule has 2 aromatic rings. The number of rotatable bonds is 2. The molecule has 0 amide bonds. The first-order chi connectivity index (χ1) is 15.3. The van der Waals surface area contributed by atoms with E-state index in [1.54, 1.807) is 22.3 Å². The van der Waals surface area contributed by atoms with Crippen molar-refractivity contribution in [2.75, 3.05) is 0 Å². The van der Waals surface area contributed by atoms with Crippen LogP contribution in [0.3, 0.4) is 0 Å². The van der Waals surface area contributed by atoms with Crippen LogP contribution in [-0.4, -0.2) is 6.94 Å². The molecule has 0 fully saturated rings. The summed E-state index contributed by atoms with van der Waals surface area (Å²) in [4.78, 5) is 0. The van der Waals surface area contributed by atoms with Gasteiger partial charge in [-0.15, -0.1) is 24.8 Å². The van der Waals surface area contributed by atoms with Crippen LogP contribution in [-0.2, 0) is 17.1 Å². The first-order valence-electron chi connectivity index (χ1n) is 13.1. The van der Waals surface area contributed by atoms with Gasteiger partial charge in [0.05, 0.1) is 0 Å². The number of allylic oxidation sites excluding steroid dienone is 2. The van der Waals surface area contributed by atoms with Crippen molar-refractivity contribution in [2.45, 2.75) is 85.9 Å². The molecule has 2 aliphatic carbocycles. The number of aryl methyl sites for hydroxylation is 4. The van der Waals surface area contributed by atoms with Crippen molar-refractivity contribution in [3.05, 3.63) is 79.9 Å². The Morgan fingerprint density at radius 2 is 0.861 bits per heavy atom. The summed E-state index contributed by atoms with van der Waals surface area (Å²) >= 11 is -3.76. The van der Waals surface area contributed by atoms with Crippen molar-refractivity contribution in [3.63, 3.8) is 0 Å². The number of benzene rings is 2. The Morgan fingerprint density at radius 3 is 1.14 bits per heavy atom. The Balaban J connectivity index is 0.00000228. The molecule has 2 aliphatic rings. The van der Waals surface area contributed by atoms with Gasteiger partial charge in [0.15, 0.2) is 0 Å². The van der Waals surface area contributed by atoms with Gasteiger partial charge in [0.1, 0.15) is 0 Å². The molecule has 36 heavy (non-hydrogen) atoms. The summed E-state index contributed by atoms with van der Waals surface area (Å²) in [7, 11) is 0. The fourth-order valence-electron chi connectivity index (χ4n) is 7.08. The SMILES string of the molecule is Cc1ccc(C)c2c1C=C(C(C)(C)C)[CH]2[Hf]([CH3])([CH3])(=[SiH2])[CH]1C(C(C)(C)C)=Cc2c(C)ccc(C)c21.Cl.Cl. The second kappa shape index (κ2) is 9.65. The van der Waals surface area contributed by atoms with Crippen LogP contribution >= 0.6 is 24.8 Å². The molecule has 2 aromatic carbocycles. The minimum absolute atomic E-state index is 0. The molecule has 198 valence electrons. The van der Waals surface area contributed by atoms with Gasteiger partial charge in [0.2, 0.25) is 0 Å². The van der Waals surface area contributed by atoms with Crippen molar-refractivity contribution in [2.24, 2.45) is 10.8 Å². The van der Waals surface area contributed by atoms with E-state index in [0.29, 0.717) is 7.35 Å². The second-order valence-corrected chi connectivity index (χ2v) is 58.1. The van der Waals surface area contributed by atoms with Crippen LogP contribution in [0.4, 0.5) is 0 Å². The zero-order valence-electron chi connectivity index (χ0n) is 24.6. The molecule has 0 bridgehead atoms. The first-order valence-corrected chi connectivity index (χ1v) is 32.7. The van der Waals surface area contributed by atoms with Crippen LogP contribution in [0.5, 0.6) is 0 Å². The number of fused-ring (bicyclic) bond motifs is 2.